The third-order valence-corrected chi connectivity index (χ3v) is 6.48. The summed E-state index contributed by atoms with van der Waals surface area (Å²) in [6.45, 7) is 3.47. The SMILES string of the molecule is CC(C)C(NC(=O)C(N)Cc1cnc[nH]1)C(=O)NC(Cc1ccc(O)cc1)C(=O)NC(Cc1ccccc1)C(=O)O. The molecule has 4 unspecified atom stereocenters. The van der Waals surface area contributed by atoms with Crippen molar-refractivity contribution in [2.45, 2.75) is 57.3 Å². The average Bonchev–Trinajstić information content (AvgIpc) is 3.45. The number of nitrogens with two attached hydrogens (primary N) is 1. The number of H-pyrrole nitrogens is 1. The van der Waals surface area contributed by atoms with Crippen molar-refractivity contribution in [3.05, 3.63) is 83.9 Å². The lowest BCUT2D eigenvalue weighted by Crippen LogP contribution is -2.59. The number of carboxylic acid groups (broad SMARTS) is 1. The Bertz CT molecular complexity index is 1300. The molecule has 12 heteroatoms. The molecule has 41 heavy (non-hydrogen) atoms. The zero-order chi connectivity index (χ0) is 29.9. The Morgan fingerprint density at radius 3 is 2.02 bits per heavy atom. The van der Waals surface area contributed by atoms with Crippen LogP contribution in [-0.4, -0.2) is 68.0 Å². The Balaban J connectivity index is 1.76. The maximum absolute atomic E-state index is 13.4. The number of hydrogen-bond acceptors (Lipinski definition) is 7. The number of aromatic nitrogens is 2. The highest BCUT2D eigenvalue weighted by molar-refractivity contribution is 5.94. The highest BCUT2D eigenvalue weighted by Gasteiger charge is 2.32. The van der Waals surface area contributed by atoms with E-state index in [0.717, 1.165) is 0 Å². The van der Waals surface area contributed by atoms with Gasteiger partial charge in [0.1, 0.15) is 23.9 Å². The maximum atomic E-state index is 13.4. The molecule has 3 aromatic rings. The van der Waals surface area contributed by atoms with Crippen LogP contribution in [0.4, 0.5) is 0 Å². The molecule has 218 valence electrons. The highest BCUT2D eigenvalue weighted by atomic mass is 16.4. The molecule has 3 rings (SSSR count). The van der Waals surface area contributed by atoms with Gasteiger partial charge < -0.3 is 36.9 Å². The van der Waals surface area contributed by atoms with Crippen LogP contribution in [0.1, 0.15) is 30.7 Å². The molecule has 1 aromatic heterocycles. The molecule has 8 N–H and O–H groups in total. The number of hydrogen-bond donors (Lipinski definition) is 7. The minimum atomic E-state index is -1.25. The first-order valence-corrected chi connectivity index (χ1v) is 13.2. The van der Waals surface area contributed by atoms with E-state index in [0.29, 0.717) is 16.8 Å². The first-order valence-electron chi connectivity index (χ1n) is 13.2. The summed E-state index contributed by atoms with van der Waals surface area (Å²) in [7, 11) is 0. The average molecular weight is 565 g/mol. The van der Waals surface area contributed by atoms with E-state index in [1.807, 2.05) is 0 Å². The number of rotatable bonds is 14. The van der Waals surface area contributed by atoms with Crippen LogP contribution >= 0.6 is 0 Å². The molecular formula is C29H36N6O6. The number of aromatic hydroxyl groups is 1. The van der Waals surface area contributed by atoms with E-state index in [4.69, 9.17) is 5.73 Å². The maximum Gasteiger partial charge on any atom is 0.326 e. The van der Waals surface area contributed by atoms with E-state index in [-0.39, 0.29) is 30.9 Å². The van der Waals surface area contributed by atoms with E-state index < -0.39 is 47.9 Å². The van der Waals surface area contributed by atoms with Gasteiger partial charge in [-0.05, 0) is 29.2 Å². The van der Waals surface area contributed by atoms with Gasteiger partial charge in [-0.2, -0.15) is 0 Å². The summed E-state index contributed by atoms with van der Waals surface area (Å²) >= 11 is 0. The molecule has 0 spiro atoms. The monoisotopic (exact) mass is 564 g/mol. The highest BCUT2D eigenvalue weighted by Crippen LogP contribution is 2.13. The molecule has 2 aromatic carbocycles. The molecule has 0 fully saturated rings. The summed E-state index contributed by atoms with van der Waals surface area (Å²) < 4.78 is 0. The fourth-order valence-electron chi connectivity index (χ4n) is 4.18. The number of carbonyl (C=O) groups is 4. The van der Waals surface area contributed by atoms with Gasteiger partial charge in [-0.3, -0.25) is 14.4 Å². The Morgan fingerprint density at radius 2 is 1.44 bits per heavy atom. The lowest BCUT2D eigenvalue weighted by molar-refractivity contribution is -0.142. The van der Waals surface area contributed by atoms with Crippen LogP contribution in [0.2, 0.25) is 0 Å². The Hall–Kier alpha value is -4.71. The predicted molar refractivity (Wildman–Crippen MR) is 150 cm³/mol. The van der Waals surface area contributed by atoms with Gasteiger partial charge in [0.25, 0.3) is 0 Å². The summed E-state index contributed by atoms with van der Waals surface area (Å²) in [5, 5.41) is 27.3. The largest absolute Gasteiger partial charge is 0.508 e. The number of aromatic amines is 1. The van der Waals surface area contributed by atoms with Gasteiger partial charge in [0, 0.05) is 31.2 Å². The number of amides is 3. The van der Waals surface area contributed by atoms with Crippen molar-refractivity contribution in [2.24, 2.45) is 11.7 Å². The second-order valence-electron chi connectivity index (χ2n) is 10.1. The van der Waals surface area contributed by atoms with Crippen LogP contribution in [0.15, 0.2) is 67.1 Å². The van der Waals surface area contributed by atoms with Crippen molar-refractivity contribution in [3.8, 4) is 5.75 Å². The molecule has 0 aliphatic rings. The van der Waals surface area contributed by atoms with Crippen LogP contribution in [0.25, 0.3) is 0 Å². The summed E-state index contributed by atoms with van der Waals surface area (Å²) in [6.07, 6.45) is 3.25. The number of carboxylic acids is 1. The molecule has 4 atom stereocenters. The molecule has 0 radical (unpaired) electrons. The molecule has 1 heterocycles. The number of carbonyl (C=O) groups excluding carboxylic acids is 3. The van der Waals surface area contributed by atoms with Crippen LogP contribution in [0.3, 0.4) is 0 Å². The minimum absolute atomic E-state index is 0.00757. The number of imidazole rings is 1. The number of phenols is 1. The Kier molecular flexibility index (Phi) is 11.0. The van der Waals surface area contributed by atoms with Crippen LogP contribution < -0.4 is 21.7 Å². The summed E-state index contributed by atoms with van der Waals surface area (Å²) in [5.41, 5.74) is 8.03. The van der Waals surface area contributed by atoms with Gasteiger partial charge in [-0.1, -0.05) is 56.3 Å². The number of phenolic OH excluding ortho intramolecular Hbond substituents is 1. The quantitative estimate of drug-likeness (QED) is 0.148. The predicted octanol–water partition coefficient (Wildman–Crippen LogP) is 0.666. The van der Waals surface area contributed by atoms with E-state index in [1.165, 1.54) is 18.5 Å². The Morgan fingerprint density at radius 1 is 0.829 bits per heavy atom. The smallest absolute Gasteiger partial charge is 0.326 e. The number of aliphatic carboxylic acids is 1. The van der Waals surface area contributed by atoms with Crippen LogP contribution in [0.5, 0.6) is 5.75 Å². The molecule has 0 bridgehead atoms. The summed E-state index contributed by atoms with van der Waals surface area (Å²) in [5.74, 6) is -3.45. The summed E-state index contributed by atoms with van der Waals surface area (Å²) in [4.78, 5) is 58.4. The molecule has 0 saturated carbocycles. The first-order chi connectivity index (χ1) is 19.5. The van der Waals surface area contributed by atoms with E-state index in [2.05, 4.69) is 25.9 Å². The normalized spacial score (nSPS) is 14.0. The fourth-order valence-corrected chi connectivity index (χ4v) is 4.18. The van der Waals surface area contributed by atoms with Crippen LogP contribution in [0, 0.1) is 5.92 Å². The van der Waals surface area contributed by atoms with Crippen molar-refractivity contribution in [1.29, 1.82) is 0 Å². The fraction of sp³-hybridized carbons (Fsp3) is 0.345. The number of nitrogens with zero attached hydrogens (tertiary/aromatic N) is 1. The van der Waals surface area contributed by atoms with Crippen molar-refractivity contribution < 1.29 is 29.4 Å². The van der Waals surface area contributed by atoms with Crippen molar-refractivity contribution in [2.75, 3.05) is 0 Å². The molecule has 0 aliphatic carbocycles. The van der Waals surface area contributed by atoms with Crippen molar-refractivity contribution in [3.63, 3.8) is 0 Å². The van der Waals surface area contributed by atoms with E-state index in [9.17, 15) is 29.4 Å². The second kappa shape index (κ2) is 14.6. The number of nitrogens with one attached hydrogen (secondary N) is 4. The standard InChI is InChI=1S/C29H36N6O6/c1-17(2)25(35-26(37)22(30)14-20-15-31-16-32-20)28(39)33-23(12-19-8-10-21(36)11-9-19)27(38)34-24(29(40)41)13-18-6-4-3-5-7-18/h3-11,15-17,22-25,36H,12-14,30H2,1-2H3,(H,31,32)(H,33,39)(H,34,38)(H,35,37)(H,40,41). The zero-order valence-corrected chi connectivity index (χ0v) is 22.9. The van der Waals surface area contributed by atoms with E-state index in [1.54, 1.807) is 62.5 Å². The van der Waals surface area contributed by atoms with Gasteiger partial charge in [0.05, 0.1) is 12.4 Å². The molecule has 0 saturated heterocycles. The topological polar surface area (TPSA) is 200 Å². The van der Waals surface area contributed by atoms with Crippen molar-refractivity contribution >= 4 is 23.7 Å². The van der Waals surface area contributed by atoms with Crippen molar-refractivity contribution in [1.82, 2.24) is 25.9 Å². The molecule has 0 aliphatic heterocycles. The lowest BCUT2D eigenvalue weighted by atomic mass is 9.99. The third kappa shape index (κ3) is 9.46. The van der Waals surface area contributed by atoms with Gasteiger partial charge in [0.15, 0.2) is 0 Å². The molecule has 3 amide bonds. The van der Waals surface area contributed by atoms with Crippen LogP contribution in [-0.2, 0) is 38.4 Å². The van der Waals surface area contributed by atoms with Gasteiger partial charge in [-0.25, -0.2) is 9.78 Å². The molecular weight excluding hydrogens is 528 g/mol. The third-order valence-electron chi connectivity index (χ3n) is 6.48. The second-order valence-corrected chi connectivity index (χ2v) is 10.1. The first kappa shape index (κ1) is 30.8. The van der Waals surface area contributed by atoms with Gasteiger partial charge in [-0.15, -0.1) is 0 Å². The van der Waals surface area contributed by atoms with Gasteiger partial charge >= 0.3 is 5.97 Å². The molecule has 12 nitrogen and oxygen atoms in total. The minimum Gasteiger partial charge on any atom is -0.508 e. The lowest BCUT2D eigenvalue weighted by Gasteiger charge is -2.27. The number of benzene rings is 2. The summed E-state index contributed by atoms with van der Waals surface area (Å²) in [6, 6.07) is 10.5. The zero-order valence-electron chi connectivity index (χ0n) is 22.9. The Labute approximate surface area is 237 Å². The van der Waals surface area contributed by atoms with E-state index >= 15 is 0 Å². The van der Waals surface area contributed by atoms with Gasteiger partial charge in [0.2, 0.25) is 17.7 Å².